The summed E-state index contributed by atoms with van der Waals surface area (Å²) in [6.45, 7) is 14.4. The Bertz CT molecular complexity index is 906. The van der Waals surface area contributed by atoms with Gasteiger partial charge in [-0.05, 0) is 48.8 Å². The Hall–Kier alpha value is -2.23. The Labute approximate surface area is 201 Å². The fourth-order valence-corrected chi connectivity index (χ4v) is 5.09. The van der Waals surface area contributed by atoms with Crippen molar-refractivity contribution in [2.45, 2.75) is 105 Å². The van der Waals surface area contributed by atoms with Gasteiger partial charge in [0.1, 0.15) is 5.78 Å². The number of unbranched alkanes of at least 4 members (excludes halogenated alkanes) is 2. The van der Waals surface area contributed by atoms with Crippen LogP contribution in [-0.2, 0) is 16.6 Å². The van der Waals surface area contributed by atoms with Gasteiger partial charge in [0.05, 0.1) is 5.69 Å². The minimum atomic E-state index is -0.389. The van der Waals surface area contributed by atoms with Gasteiger partial charge in [0.2, 0.25) is 5.88 Å². The summed E-state index contributed by atoms with van der Waals surface area (Å²) in [6.07, 6.45) is 8.62. The fraction of sp³-hybridized carbons (Fsp3) is 0.621. The van der Waals surface area contributed by atoms with Gasteiger partial charge in [0.15, 0.2) is 5.88 Å². The van der Waals surface area contributed by atoms with Crippen molar-refractivity contribution < 1.29 is 15.0 Å². The van der Waals surface area contributed by atoms with E-state index in [1.165, 1.54) is 23.8 Å². The lowest BCUT2D eigenvalue weighted by molar-refractivity contribution is -0.125. The highest BCUT2D eigenvalue weighted by molar-refractivity contribution is 5.81. The third-order valence-corrected chi connectivity index (χ3v) is 7.20. The van der Waals surface area contributed by atoms with Crippen molar-refractivity contribution >= 4 is 5.78 Å². The topological polar surface area (TPSA) is 62.5 Å². The van der Waals surface area contributed by atoms with Crippen molar-refractivity contribution in [2.75, 3.05) is 0 Å². The van der Waals surface area contributed by atoms with Gasteiger partial charge >= 0.3 is 0 Å². The highest BCUT2D eigenvalue weighted by atomic mass is 16.3. The molecule has 0 aliphatic heterocycles. The molecule has 1 heterocycles. The van der Waals surface area contributed by atoms with Crippen LogP contribution in [0.2, 0.25) is 0 Å². The summed E-state index contributed by atoms with van der Waals surface area (Å²) in [5.74, 6) is 0.915. The summed E-state index contributed by atoms with van der Waals surface area (Å²) in [7, 11) is 0. The summed E-state index contributed by atoms with van der Waals surface area (Å²) in [4.78, 5) is 12.0. The smallest absolute Gasteiger partial charge is 0.201 e. The highest BCUT2D eigenvalue weighted by Crippen LogP contribution is 2.39. The Morgan fingerprint density at radius 3 is 2.15 bits per heavy atom. The average Bonchev–Trinajstić information content (AvgIpc) is 3.00. The molecule has 0 aliphatic rings. The Balaban J connectivity index is 2.24. The van der Waals surface area contributed by atoms with Gasteiger partial charge in [-0.3, -0.25) is 9.36 Å². The largest absolute Gasteiger partial charge is 0.494 e. The molecule has 33 heavy (non-hydrogen) atoms. The number of Topliss-reactive ketones (excluding diaryl/α,β-unsaturated/α-hetero) is 1. The lowest BCUT2D eigenvalue weighted by Gasteiger charge is -2.34. The van der Waals surface area contributed by atoms with Crippen LogP contribution in [0.1, 0.15) is 105 Å². The van der Waals surface area contributed by atoms with Crippen LogP contribution in [0.15, 0.2) is 30.3 Å². The molecule has 0 fully saturated rings. The van der Waals surface area contributed by atoms with Crippen molar-refractivity contribution in [1.29, 1.82) is 0 Å². The number of hydrogen-bond acceptors (Lipinski definition) is 3. The zero-order valence-electron chi connectivity index (χ0n) is 21.9. The van der Waals surface area contributed by atoms with Gasteiger partial charge in [0.25, 0.3) is 0 Å². The van der Waals surface area contributed by atoms with Crippen molar-refractivity contribution in [3.05, 3.63) is 41.5 Å². The molecule has 1 aromatic heterocycles. The van der Waals surface area contributed by atoms with E-state index in [9.17, 15) is 15.0 Å². The first-order valence-corrected chi connectivity index (χ1v) is 12.7. The lowest BCUT2D eigenvalue weighted by Crippen LogP contribution is -2.31. The Kier molecular flexibility index (Phi) is 9.22. The first-order chi connectivity index (χ1) is 15.4. The summed E-state index contributed by atoms with van der Waals surface area (Å²) in [6, 6.07) is 9.66. The van der Waals surface area contributed by atoms with E-state index in [1.54, 1.807) is 13.0 Å². The minimum Gasteiger partial charge on any atom is -0.494 e. The predicted octanol–water partition coefficient (Wildman–Crippen LogP) is 7.71. The van der Waals surface area contributed by atoms with Gasteiger partial charge in [-0.25, -0.2) is 0 Å². The molecule has 0 aliphatic carbocycles. The van der Waals surface area contributed by atoms with Crippen molar-refractivity contribution in [1.82, 2.24) is 4.57 Å². The second-order valence-electron chi connectivity index (χ2n) is 11.1. The molecule has 0 spiro atoms. The summed E-state index contributed by atoms with van der Waals surface area (Å²) in [5.41, 5.74) is 2.12. The molecular formula is C29H45NO3. The molecule has 0 radical (unpaired) electrons. The van der Waals surface area contributed by atoms with Gasteiger partial charge in [-0.1, -0.05) is 92.2 Å². The van der Waals surface area contributed by atoms with Gasteiger partial charge in [-0.15, -0.1) is 0 Å². The van der Waals surface area contributed by atoms with Gasteiger partial charge in [0, 0.05) is 17.0 Å². The number of hydrogen-bond donors (Lipinski definition) is 2. The molecule has 2 N–H and O–H groups in total. The van der Waals surface area contributed by atoms with Crippen LogP contribution in [0.3, 0.4) is 0 Å². The van der Waals surface area contributed by atoms with Gasteiger partial charge < -0.3 is 10.2 Å². The Morgan fingerprint density at radius 1 is 0.970 bits per heavy atom. The number of carbonyl (C=O) groups excluding carboxylic acids is 1. The van der Waals surface area contributed by atoms with E-state index in [4.69, 9.17) is 0 Å². The standard InChI is InChI=1S/C29H45NO3/c1-8-10-11-13-22(12-9-2)18-23-19-26(32)30(27(23)33)25-16-14-24(15-17-25)29(6,7)20-28(4,5)21(3)31/h14-17,19,22,32-33H,8-13,18,20H2,1-7H3. The summed E-state index contributed by atoms with van der Waals surface area (Å²) >= 11 is 0. The number of aromatic hydroxyl groups is 2. The average molecular weight is 456 g/mol. The molecule has 4 nitrogen and oxygen atoms in total. The van der Waals surface area contributed by atoms with E-state index in [2.05, 4.69) is 27.7 Å². The van der Waals surface area contributed by atoms with Gasteiger partial charge in [-0.2, -0.15) is 0 Å². The zero-order chi connectivity index (χ0) is 24.8. The first kappa shape index (κ1) is 27.0. The van der Waals surface area contributed by atoms with E-state index < -0.39 is 0 Å². The quantitative estimate of drug-likeness (QED) is 0.304. The van der Waals surface area contributed by atoms with Crippen molar-refractivity contribution in [3.63, 3.8) is 0 Å². The van der Waals surface area contributed by atoms with Crippen LogP contribution < -0.4 is 0 Å². The number of carbonyl (C=O) groups is 1. The molecule has 0 saturated carbocycles. The SMILES string of the molecule is CCCCCC(CCC)Cc1cc(O)n(-c2ccc(C(C)(C)CC(C)(C)C(C)=O)cc2)c1O. The molecule has 1 aromatic carbocycles. The van der Waals surface area contributed by atoms with Crippen LogP contribution in [-0.4, -0.2) is 20.6 Å². The van der Waals surface area contributed by atoms with Crippen LogP contribution >= 0.6 is 0 Å². The Morgan fingerprint density at radius 2 is 1.61 bits per heavy atom. The fourth-order valence-electron chi connectivity index (χ4n) is 5.09. The van der Waals surface area contributed by atoms with Crippen LogP contribution in [0.5, 0.6) is 11.8 Å². The number of aromatic nitrogens is 1. The number of rotatable bonds is 13. The normalized spacial score (nSPS) is 13.3. The summed E-state index contributed by atoms with van der Waals surface area (Å²) < 4.78 is 1.53. The molecule has 0 amide bonds. The zero-order valence-corrected chi connectivity index (χ0v) is 21.9. The molecule has 184 valence electrons. The molecule has 1 atom stereocenters. The third kappa shape index (κ3) is 6.88. The lowest BCUT2D eigenvalue weighted by atomic mass is 9.70. The number of ketones is 1. The first-order valence-electron chi connectivity index (χ1n) is 12.7. The number of nitrogens with zero attached hydrogens (tertiary/aromatic N) is 1. The van der Waals surface area contributed by atoms with Crippen molar-refractivity contribution in [3.8, 4) is 17.4 Å². The maximum atomic E-state index is 12.0. The van der Waals surface area contributed by atoms with E-state index >= 15 is 0 Å². The van der Waals surface area contributed by atoms with E-state index in [0.29, 0.717) is 5.92 Å². The van der Waals surface area contributed by atoms with E-state index in [1.807, 2.05) is 38.1 Å². The number of benzene rings is 1. The molecule has 2 aromatic rings. The predicted molar refractivity (Wildman–Crippen MR) is 137 cm³/mol. The molecule has 2 rings (SSSR count). The van der Waals surface area contributed by atoms with Crippen LogP contribution in [0.4, 0.5) is 0 Å². The van der Waals surface area contributed by atoms with Crippen LogP contribution in [0, 0.1) is 11.3 Å². The maximum Gasteiger partial charge on any atom is 0.201 e. The van der Waals surface area contributed by atoms with E-state index in [-0.39, 0.29) is 28.4 Å². The monoisotopic (exact) mass is 455 g/mol. The molecular weight excluding hydrogens is 410 g/mol. The van der Waals surface area contributed by atoms with E-state index in [0.717, 1.165) is 48.9 Å². The van der Waals surface area contributed by atoms with Crippen molar-refractivity contribution in [2.24, 2.45) is 11.3 Å². The van der Waals surface area contributed by atoms with Crippen LogP contribution in [0.25, 0.3) is 5.69 Å². The second-order valence-corrected chi connectivity index (χ2v) is 11.1. The molecule has 0 bridgehead atoms. The molecule has 0 saturated heterocycles. The minimum absolute atomic E-state index is 0.0658. The maximum absolute atomic E-state index is 12.0. The molecule has 1 unspecified atom stereocenters. The molecule has 4 heteroatoms. The summed E-state index contributed by atoms with van der Waals surface area (Å²) in [5, 5.41) is 21.6. The highest BCUT2D eigenvalue weighted by Gasteiger charge is 2.33. The third-order valence-electron chi connectivity index (χ3n) is 7.20. The second kappa shape index (κ2) is 11.3.